The molecule has 1 aromatic carbocycles. The lowest BCUT2D eigenvalue weighted by Gasteiger charge is -2.23. The van der Waals surface area contributed by atoms with Crippen LogP contribution in [0.3, 0.4) is 0 Å². The van der Waals surface area contributed by atoms with E-state index in [1.165, 1.54) is 0 Å². The molecule has 1 unspecified atom stereocenters. The van der Waals surface area contributed by atoms with Crippen LogP contribution in [0.15, 0.2) is 18.2 Å². The summed E-state index contributed by atoms with van der Waals surface area (Å²) in [6.07, 6.45) is -0.417. The summed E-state index contributed by atoms with van der Waals surface area (Å²) in [4.78, 5) is 23.8. The second-order valence-electron chi connectivity index (χ2n) is 5.69. The van der Waals surface area contributed by atoms with Crippen LogP contribution < -0.4 is 0 Å². The Morgan fingerprint density at radius 2 is 2.05 bits per heavy atom. The maximum atomic E-state index is 11.9. The topological polar surface area (TPSA) is 52.6 Å². The van der Waals surface area contributed by atoms with Gasteiger partial charge in [0.2, 0.25) is 0 Å². The molecule has 0 saturated carbocycles. The van der Waals surface area contributed by atoms with Crippen LogP contribution in [0.2, 0.25) is 0 Å². The van der Waals surface area contributed by atoms with E-state index < -0.39 is 11.7 Å². The molecule has 19 heavy (non-hydrogen) atoms. The zero-order valence-corrected chi connectivity index (χ0v) is 11.6. The molecule has 1 heterocycles. The molecule has 0 aliphatic carbocycles. The van der Waals surface area contributed by atoms with Crippen molar-refractivity contribution < 1.29 is 19.1 Å². The maximum absolute atomic E-state index is 11.9. The molecule has 0 fully saturated rings. The molecule has 4 heteroatoms. The van der Waals surface area contributed by atoms with Crippen molar-refractivity contribution in [3.8, 4) is 0 Å². The van der Waals surface area contributed by atoms with Gasteiger partial charge in [0, 0.05) is 5.56 Å². The third-order valence-electron chi connectivity index (χ3n) is 2.86. The van der Waals surface area contributed by atoms with Crippen LogP contribution in [0.5, 0.6) is 0 Å². The number of ether oxygens (including phenoxy) is 2. The van der Waals surface area contributed by atoms with Crippen LogP contribution in [0.4, 0.5) is 0 Å². The highest BCUT2D eigenvalue weighted by Crippen LogP contribution is 2.23. The summed E-state index contributed by atoms with van der Waals surface area (Å²) in [6.45, 7) is 7.53. The van der Waals surface area contributed by atoms with Gasteiger partial charge in [0.15, 0.2) is 5.78 Å². The van der Waals surface area contributed by atoms with Gasteiger partial charge in [-0.3, -0.25) is 4.79 Å². The van der Waals surface area contributed by atoms with Gasteiger partial charge in [0.25, 0.3) is 0 Å². The van der Waals surface area contributed by atoms with Gasteiger partial charge in [0.05, 0.1) is 12.2 Å². The monoisotopic (exact) mass is 262 g/mol. The Balaban J connectivity index is 2.27. The largest absolute Gasteiger partial charge is 0.456 e. The van der Waals surface area contributed by atoms with Crippen molar-refractivity contribution in [1.82, 2.24) is 0 Å². The molecule has 0 saturated heterocycles. The molecule has 102 valence electrons. The quantitative estimate of drug-likeness (QED) is 0.730. The van der Waals surface area contributed by atoms with E-state index in [1.807, 2.05) is 20.8 Å². The smallest absolute Gasteiger partial charge is 0.338 e. The van der Waals surface area contributed by atoms with Gasteiger partial charge in [-0.05, 0) is 45.4 Å². The zero-order chi connectivity index (χ0) is 14.2. The van der Waals surface area contributed by atoms with Gasteiger partial charge in [0.1, 0.15) is 11.7 Å². The van der Waals surface area contributed by atoms with E-state index in [4.69, 9.17) is 9.47 Å². The first kappa shape index (κ1) is 13.7. The highest BCUT2D eigenvalue weighted by molar-refractivity contribution is 6.02. The van der Waals surface area contributed by atoms with Crippen molar-refractivity contribution in [2.45, 2.75) is 46.0 Å². The minimum Gasteiger partial charge on any atom is -0.456 e. The van der Waals surface area contributed by atoms with Gasteiger partial charge in [-0.1, -0.05) is 6.07 Å². The van der Waals surface area contributed by atoms with Crippen LogP contribution in [0.1, 0.15) is 54.0 Å². The molecule has 4 nitrogen and oxygen atoms in total. The molecule has 1 aliphatic heterocycles. The summed E-state index contributed by atoms with van der Waals surface area (Å²) in [5.41, 5.74) is 1.28. The van der Waals surface area contributed by atoms with Gasteiger partial charge >= 0.3 is 5.97 Å². The predicted molar refractivity (Wildman–Crippen MR) is 70.2 cm³/mol. The Kier molecular flexibility index (Phi) is 3.45. The Hall–Kier alpha value is -1.68. The van der Waals surface area contributed by atoms with E-state index in [9.17, 15) is 9.59 Å². The van der Waals surface area contributed by atoms with Gasteiger partial charge < -0.3 is 9.47 Å². The van der Waals surface area contributed by atoms with Crippen molar-refractivity contribution >= 4 is 11.8 Å². The molecular formula is C15H18O4. The molecule has 1 aromatic rings. The number of hydrogen-bond acceptors (Lipinski definition) is 4. The van der Waals surface area contributed by atoms with Crippen LogP contribution >= 0.6 is 0 Å². The molecule has 0 radical (unpaired) electrons. The van der Waals surface area contributed by atoms with Crippen molar-refractivity contribution in [2.24, 2.45) is 0 Å². The number of Topliss-reactive ketones (excluding diaryl/α,β-unsaturated/α-hetero) is 1. The van der Waals surface area contributed by atoms with Crippen molar-refractivity contribution in [2.75, 3.05) is 0 Å². The third kappa shape index (κ3) is 3.01. The third-order valence-corrected chi connectivity index (χ3v) is 2.86. The molecule has 0 N–H and O–H groups in total. The second-order valence-corrected chi connectivity index (χ2v) is 5.69. The van der Waals surface area contributed by atoms with E-state index in [0.29, 0.717) is 17.7 Å². The van der Waals surface area contributed by atoms with Crippen LogP contribution in [-0.4, -0.2) is 23.5 Å². The van der Waals surface area contributed by atoms with Crippen molar-refractivity contribution in [3.63, 3.8) is 0 Å². The number of rotatable bonds is 1. The highest BCUT2D eigenvalue weighted by Gasteiger charge is 2.26. The van der Waals surface area contributed by atoms with Crippen LogP contribution in [-0.2, 0) is 16.1 Å². The number of carbonyl (C=O) groups excluding carboxylic acids is 2. The fourth-order valence-electron chi connectivity index (χ4n) is 1.93. The summed E-state index contributed by atoms with van der Waals surface area (Å²) >= 11 is 0. The lowest BCUT2D eigenvalue weighted by Crippen LogP contribution is -2.28. The minimum absolute atomic E-state index is 0.0445. The molecule has 0 aromatic heterocycles. The van der Waals surface area contributed by atoms with E-state index in [1.54, 1.807) is 25.1 Å². The number of carbonyl (C=O) groups is 2. The summed E-state index contributed by atoms with van der Waals surface area (Å²) in [5.74, 6) is -0.432. The summed E-state index contributed by atoms with van der Waals surface area (Å²) < 4.78 is 10.6. The standard InChI is InChI=1S/C15H18O4/c1-9-13(16)12-6-5-10(7-11(12)8-18-9)14(17)19-15(2,3)4/h5-7,9H,8H2,1-4H3. The molecule has 2 rings (SSSR count). The van der Waals surface area contributed by atoms with E-state index in [-0.39, 0.29) is 11.8 Å². The molecule has 1 aliphatic rings. The lowest BCUT2D eigenvalue weighted by atomic mass is 9.96. The van der Waals surface area contributed by atoms with Crippen molar-refractivity contribution in [1.29, 1.82) is 0 Å². The number of ketones is 1. The highest BCUT2D eigenvalue weighted by atomic mass is 16.6. The number of hydrogen-bond donors (Lipinski definition) is 0. The Bertz CT molecular complexity index is 525. The Morgan fingerprint density at radius 3 is 2.68 bits per heavy atom. The zero-order valence-electron chi connectivity index (χ0n) is 11.6. The van der Waals surface area contributed by atoms with Gasteiger partial charge in [-0.15, -0.1) is 0 Å². The molecule has 1 atom stereocenters. The van der Waals surface area contributed by atoms with E-state index >= 15 is 0 Å². The molecule has 0 spiro atoms. The Labute approximate surface area is 112 Å². The number of esters is 1. The lowest BCUT2D eigenvalue weighted by molar-refractivity contribution is 0.00678. The average Bonchev–Trinajstić information content (AvgIpc) is 2.31. The fourth-order valence-corrected chi connectivity index (χ4v) is 1.93. The fraction of sp³-hybridized carbons (Fsp3) is 0.467. The minimum atomic E-state index is -0.534. The SMILES string of the molecule is CC1OCc2cc(C(=O)OC(C)(C)C)ccc2C1=O. The maximum Gasteiger partial charge on any atom is 0.338 e. The van der Waals surface area contributed by atoms with Crippen LogP contribution in [0, 0.1) is 0 Å². The number of benzene rings is 1. The first-order valence-corrected chi connectivity index (χ1v) is 6.30. The summed E-state index contributed by atoms with van der Waals surface area (Å²) in [7, 11) is 0. The van der Waals surface area contributed by atoms with E-state index in [0.717, 1.165) is 5.56 Å². The first-order valence-electron chi connectivity index (χ1n) is 6.30. The molecular weight excluding hydrogens is 244 g/mol. The van der Waals surface area contributed by atoms with Gasteiger partial charge in [-0.25, -0.2) is 4.79 Å². The summed E-state index contributed by atoms with van der Waals surface area (Å²) in [5, 5.41) is 0. The van der Waals surface area contributed by atoms with Gasteiger partial charge in [-0.2, -0.15) is 0 Å². The predicted octanol–water partition coefficient (Wildman–Crippen LogP) is 2.74. The van der Waals surface area contributed by atoms with E-state index in [2.05, 4.69) is 0 Å². The average molecular weight is 262 g/mol. The normalized spacial score (nSPS) is 18.9. The molecule has 0 amide bonds. The Morgan fingerprint density at radius 1 is 1.37 bits per heavy atom. The summed E-state index contributed by atoms with van der Waals surface area (Å²) in [6, 6.07) is 4.98. The van der Waals surface area contributed by atoms with Crippen molar-refractivity contribution in [3.05, 3.63) is 34.9 Å². The first-order chi connectivity index (χ1) is 8.78. The van der Waals surface area contributed by atoms with Crippen LogP contribution in [0.25, 0.3) is 0 Å². The number of fused-ring (bicyclic) bond motifs is 1. The molecule has 0 bridgehead atoms. The second kappa shape index (κ2) is 4.78.